The van der Waals surface area contributed by atoms with Gasteiger partial charge in [0.15, 0.2) is 0 Å². The van der Waals surface area contributed by atoms with Crippen LogP contribution in [0.3, 0.4) is 0 Å². The molecule has 0 fully saturated rings. The molecule has 0 radical (unpaired) electrons. The van der Waals surface area contributed by atoms with E-state index >= 15 is 0 Å². The lowest BCUT2D eigenvalue weighted by Crippen LogP contribution is -1.86. The van der Waals surface area contributed by atoms with Gasteiger partial charge in [-0.15, -0.1) is 0 Å². The Morgan fingerprint density at radius 2 is 0.853 bits per heavy atom. The van der Waals surface area contributed by atoms with Crippen molar-refractivity contribution in [2.75, 3.05) is 0 Å². The highest BCUT2D eigenvalue weighted by atomic mass is 16.3. The SMILES string of the molecule is O.O.Oc1ccc2ccccc2c1C=Nc1ccc(N=Cc2c(O)ccc3ccccc23)cc1. The van der Waals surface area contributed by atoms with Crippen LogP contribution in [0.25, 0.3) is 21.5 Å². The van der Waals surface area contributed by atoms with Crippen LogP contribution in [0.5, 0.6) is 11.5 Å². The monoisotopic (exact) mass is 452 g/mol. The van der Waals surface area contributed by atoms with E-state index in [9.17, 15) is 10.2 Å². The van der Waals surface area contributed by atoms with Crippen LogP contribution in [0.2, 0.25) is 0 Å². The van der Waals surface area contributed by atoms with Gasteiger partial charge >= 0.3 is 0 Å². The second kappa shape index (κ2) is 10.4. The Bertz CT molecular complexity index is 1380. The number of rotatable bonds is 4. The van der Waals surface area contributed by atoms with Gasteiger partial charge in [-0.2, -0.15) is 0 Å². The number of aliphatic imine (C=N–C) groups is 2. The molecule has 0 aromatic heterocycles. The average Bonchev–Trinajstić information content (AvgIpc) is 2.83. The van der Waals surface area contributed by atoms with Crippen LogP contribution in [0.1, 0.15) is 11.1 Å². The first-order valence-electron chi connectivity index (χ1n) is 10.3. The lowest BCUT2D eigenvalue weighted by molar-refractivity contribution is 0.475. The van der Waals surface area contributed by atoms with E-state index < -0.39 is 0 Å². The van der Waals surface area contributed by atoms with Crippen molar-refractivity contribution in [1.29, 1.82) is 0 Å². The summed E-state index contributed by atoms with van der Waals surface area (Å²) >= 11 is 0. The Balaban J connectivity index is 0.00000162. The van der Waals surface area contributed by atoms with Crippen molar-refractivity contribution >= 4 is 45.3 Å². The zero-order valence-corrected chi connectivity index (χ0v) is 18.2. The Kier molecular flexibility index (Phi) is 7.38. The van der Waals surface area contributed by atoms with E-state index in [4.69, 9.17) is 0 Å². The molecule has 0 aliphatic rings. The van der Waals surface area contributed by atoms with Gasteiger partial charge in [0.05, 0.1) is 11.4 Å². The summed E-state index contributed by atoms with van der Waals surface area (Å²) in [6, 6.07) is 30.4. The summed E-state index contributed by atoms with van der Waals surface area (Å²) in [5, 5.41) is 24.6. The highest BCUT2D eigenvalue weighted by Crippen LogP contribution is 2.28. The van der Waals surface area contributed by atoms with Gasteiger partial charge in [0.2, 0.25) is 0 Å². The van der Waals surface area contributed by atoms with Gasteiger partial charge in [-0.05, 0) is 57.9 Å². The molecule has 5 aromatic carbocycles. The van der Waals surface area contributed by atoms with Crippen LogP contribution >= 0.6 is 0 Å². The molecule has 0 spiro atoms. The van der Waals surface area contributed by atoms with E-state index in [1.54, 1.807) is 24.6 Å². The Morgan fingerprint density at radius 3 is 1.26 bits per heavy atom. The first-order chi connectivity index (χ1) is 15.7. The number of hydrogen-bond acceptors (Lipinski definition) is 4. The summed E-state index contributed by atoms with van der Waals surface area (Å²) in [4.78, 5) is 9.05. The van der Waals surface area contributed by atoms with Gasteiger partial charge in [-0.3, -0.25) is 9.98 Å². The maximum Gasteiger partial charge on any atom is 0.124 e. The van der Waals surface area contributed by atoms with Crippen molar-refractivity contribution in [3.63, 3.8) is 0 Å². The molecule has 0 atom stereocenters. The molecule has 0 bridgehead atoms. The van der Waals surface area contributed by atoms with Crippen molar-refractivity contribution in [3.05, 3.63) is 108 Å². The quantitative estimate of drug-likeness (QED) is 0.361. The largest absolute Gasteiger partial charge is 0.507 e. The fourth-order valence-electron chi connectivity index (χ4n) is 3.74. The minimum atomic E-state index is 0. The molecule has 5 aromatic rings. The minimum Gasteiger partial charge on any atom is -0.507 e. The van der Waals surface area contributed by atoms with Crippen LogP contribution < -0.4 is 0 Å². The smallest absolute Gasteiger partial charge is 0.124 e. The fraction of sp³-hybridized carbons (Fsp3) is 0. The molecule has 0 unspecified atom stereocenters. The summed E-state index contributed by atoms with van der Waals surface area (Å²) in [6.07, 6.45) is 3.37. The van der Waals surface area contributed by atoms with E-state index in [2.05, 4.69) is 9.98 Å². The highest BCUT2D eigenvalue weighted by Gasteiger charge is 2.05. The van der Waals surface area contributed by atoms with Gasteiger partial charge in [0, 0.05) is 23.6 Å². The van der Waals surface area contributed by atoms with Crippen molar-refractivity contribution in [2.45, 2.75) is 0 Å². The normalized spacial score (nSPS) is 11.1. The topological polar surface area (TPSA) is 128 Å². The molecule has 5 rings (SSSR count). The molecule has 0 saturated heterocycles. The Labute approximate surface area is 196 Å². The number of hydrogen-bond donors (Lipinski definition) is 2. The van der Waals surface area contributed by atoms with Crippen LogP contribution in [0.4, 0.5) is 11.4 Å². The van der Waals surface area contributed by atoms with Gasteiger partial charge < -0.3 is 21.2 Å². The van der Waals surface area contributed by atoms with Crippen LogP contribution in [-0.4, -0.2) is 33.6 Å². The Hall–Kier alpha value is -4.52. The molecule has 6 heteroatoms. The number of aromatic hydroxyl groups is 2. The van der Waals surface area contributed by atoms with Crippen LogP contribution in [0.15, 0.2) is 107 Å². The summed E-state index contributed by atoms with van der Waals surface area (Å²) in [7, 11) is 0. The molecule has 0 aliphatic carbocycles. The van der Waals surface area contributed by atoms with Crippen LogP contribution in [-0.2, 0) is 0 Å². The molecule has 0 amide bonds. The summed E-state index contributed by atoms with van der Waals surface area (Å²) in [5.74, 6) is 0.395. The number of benzene rings is 5. The number of nitrogens with zero attached hydrogens (tertiary/aromatic N) is 2. The van der Waals surface area contributed by atoms with E-state index in [-0.39, 0.29) is 22.5 Å². The molecule has 0 aliphatic heterocycles. The third kappa shape index (κ3) is 4.78. The zero-order chi connectivity index (χ0) is 21.9. The van der Waals surface area contributed by atoms with E-state index in [1.165, 1.54) is 0 Å². The predicted molar refractivity (Wildman–Crippen MR) is 139 cm³/mol. The van der Waals surface area contributed by atoms with Gasteiger partial charge in [0.1, 0.15) is 11.5 Å². The maximum absolute atomic E-state index is 10.3. The lowest BCUT2D eigenvalue weighted by atomic mass is 10.0. The Morgan fingerprint density at radius 1 is 0.471 bits per heavy atom. The second-order valence-electron chi connectivity index (χ2n) is 7.47. The van der Waals surface area contributed by atoms with E-state index in [0.29, 0.717) is 11.1 Å². The standard InChI is InChI=1S/C28H20N2O2.2H2O/c31-27-15-9-19-5-1-3-7-23(19)25(27)17-29-21-11-13-22(14-12-21)30-18-26-24-8-4-2-6-20(24)10-16-28(26)32;;/h1-18,31-32H;2*1H2. The van der Waals surface area contributed by atoms with E-state index in [0.717, 1.165) is 32.9 Å². The first-order valence-corrected chi connectivity index (χ1v) is 10.3. The molecular formula is C28H24N2O4. The number of phenols is 2. The average molecular weight is 453 g/mol. The number of fused-ring (bicyclic) bond motifs is 2. The first kappa shape index (κ1) is 24.1. The third-order valence-electron chi connectivity index (χ3n) is 5.43. The molecule has 6 nitrogen and oxygen atoms in total. The van der Waals surface area contributed by atoms with E-state index in [1.807, 2.05) is 84.9 Å². The lowest BCUT2D eigenvalue weighted by Gasteiger charge is -2.05. The molecule has 0 heterocycles. The zero-order valence-electron chi connectivity index (χ0n) is 18.2. The fourth-order valence-corrected chi connectivity index (χ4v) is 3.74. The summed E-state index contributed by atoms with van der Waals surface area (Å²) in [5.41, 5.74) is 2.89. The van der Waals surface area contributed by atoms with Gasteiger partial charge in [-0.1, -0.05) is 60.7 Å². The third-order valence-corrected chi connectivity index (χ3v) is 5.43. The minimum absolute atomic E-state index is 0. The molecule has 34 heavy (non-hydrogen) atoms. The van der Waals surface area contributed by atoms with Crippen LogP contribution in [0, 0.1) is 0 Å². The molecular weight excluding hydrogens is 428 g/mol. The van der Waals surface area contributed by atoms with Crippen molar-refractivity contribution in [2.24, 2.45) is 9.98 Å². The molecule has 0 saturated carbocycles. The molecule has 6 N–H and O–H groups in total. The van der Waals surface area contributed by atoms with Crippen molar-refractivity contribution in [3.8, 4) is 11.5 Å². The summed E-state index contributed by atoms with van der Waals surface area (Å²) in [6.45, 7) is 0. The summed E-state index contributed by atoms with van der Waals surface area (Å²) < 4.78 is 0. The maximum atomic E-state index is 10.3. The second-order valence-corrected chi connectivity index (χ2v) is 7.47. The van der Waals surface area contributed by atoms with Crippen molar-refractivity contribution in [1.82, 2.24) is 0 Å². The number of phenolic OH excluding ortho intramolecular Hbond substituents is 2. The van der Waals surface area contributed by atoms with Gasteiger partial charge in [-0.25, -0.2) is 0 Å². The molecule has 170 valence electrons. The van der Waals surface area contributed by atoms with Gasteiger partial charge in [0.25, 0.3) is 0 Å². The predicted octanol–water partition coefficient (Wildman–Crippen LogP) is 5.26. The van der Waals surface area contributed by atoms with Crippen molar-refractivity contribution < 1.29 is 21.2 Å². The highest BCUT2D eigenvalue weighted by molar-refractivity contribution is 6.04.